The third-order valence-electron chi connectivity index (χ3n) is 2.53. The Morgan fingerprint density at radius 1 is 1.42 bits per heavy atom. The number of benzene rings is 1. The predicted octanol–water partition coefficient (Wildman–Crippen LogP) is 3.88. The van der Waals surface area contributed by atoms with Crippen molar-refractivity contribution in [2.75, 3.05) is 5.32 Å². The maximum Gasteiger partial charge on any atom is 0.237 e. The fourth-order valence-corrected chi connectivity index (χ4v) is 3.54. The second kappa shape index (κ2) is 6.21. The second-order valence-electron chi connectivity index (χ2n) is 4.37. The molecule has 0 aliphatic rings. The van der Waals surface area contributed by atoms with E-state index in [1.165, 1.54) is 11.8 Å². The molecular weight excluding hydrogens is 276 g/mol. The second-order valence-corrected chi connectivity index (χ2v) is 6.82. The SMILES string of the molecule is Cc1cccc(NC(=O)C(C)Sc2nc(C)cs2)c1. The van der Waals surface area contributed by atoms with Crippen LogP contribution in [0.15, 0.2) is 34.0 Å². The molecule has 1 aromatic carbocycles. The van der Waals surface area contributed by atoms with Crippen LogP contribution in [0.4, 0.5) is 5.69 Å². The number of aromatic nitrogens is 1. The van der Waals surface area contributed by atoms with Crippen LogP contribution in [-0.4, -0.2) is 16.1 Å². The highest BCUT2D eigenvalue weighted by atomic mass is 32.2. The van der Waals surface area contributed by atoms with Gasteiger partial charge >= 0.3 is 0 Å². The monoisotopic (exact) mass is 292 g/mol. The first kappa shape index (κ1) is 14.1. The third-order valence-corrected chi connectivity index (χ3v) is 4.72. The Morgan fingerprint density at radius 3 is 2.84 bits per heavy atom. The van der Waals surface area contributed by atoms with E-state index < -0.39 is 0 Å². The van der Waals surface area contributed by atoms with Gasteiger partial charge < -0.3 is 5.32 Å². The molecule has 2 rings (SSSR count). The van der Waals surface area contributed by atoms with Crippen molar-refractivity contribution >= 4 is 34.7 Å². The van der Waals surface area contributed by atoms with Gasteiger partial charge in [0.1, 0.15) is 0 Å². The molecule has 1 aromatic heterocycles. The minimum Gasteiger partial charge on any atom is -0.325 e. The lowest BCUT2D eigenvalue weighted by Gasteiger charge is -2.10. The Labute approximate surface area is 121 Å². The number of aryl methyl sites for hydroxylation is 2. The van der Waals surface area contributed by atoms with Crippen molar-refractivity contribution in [2.45, 2.75) is 30.4 Å². The molecule has 1 unspecified atom stereocenters. The number of thiazole rings is 1. The average Bonchev–Trinajstić information content (AvgIpc) is 2.74. The van der Waals surface area contributed by atoms with E-state index in [2.05, 4.69) is 10.3 Å². The van der Waals surface area contributed by atoms with Crippen LogP contribution in [0.25, 0.3) is 0 Å². The quantitative estimate of drug-likeness (QED) is 0.870. The van der Waals surface area contributed by atoms with Crippen molar-refractivity contribution in [1.82, 2.24) is 4.98 Å². The van der Waals surface area contributed by atoms with Gasteiger partial charge in [0.05, 0.1) is 5.25 Å². The lowest BCUT2D eigenvalue weighted by Crippen LogP contribution is -2.22. The number of carbonyl (C=O) groups excluding carboxylic acids is 1. The topological polar surface area (TPSA) is 42.0 Å². The highest BCUT2D eigenvalue weighted by molar-refractivity contribution is 8.02. The fraction of sp³-hybridized carbons (Fsp3) is 0.286. The molecule has 100 valence electrons. The molecule has 3 nitrogen and oxygen atoms in total. The van der Waals surface area contributed by atoms with Crippen molar-refractivity contribution in [1.29, 1.82) is 0 Å². The van der Waals surface area contributed by atoms with Crippen molar-refractivity contribution in [2.24, 2.45) is 0 Å². The number of hydrogen-bond acceptors (Lipinski definition) is 4. The standard InChI is InChI=1S/C14H16N2OS2/c1-9-5-4-6-12(7-9)16-13(17)11(3)19-14-15-10(2)8-18-14/h4-8,11H,1-3H3,(H,16,17). The van der Waals surface area contributed by atoms with Crippen LogP contribution in [0, 0.1) is 13.8 Å². The third kappa shape index (κ3) is 4.08. The zero-order valence-electron chi connectivity index (χ0n) is 11.1. The molecule has 19 heavy (non-hydrogen) atoms. The van der Waals surface area contributed by atoms with Crippen LogP contribution < -0.4 is 5.32 Å². The van der Waals surface area contributed by atoms with E-state index in [0.717, 1.165) is 21.3 Å². The van der Waals surface area contributed by atoms with E-state index in [1.807, 2.05) is 50.4 Å². The Morgan fingerprint density at radius 2 is 2.21 bits per heavy atom. The number of thioether (sulfide) groups is 1. The molecule has 0 saturated heterocycles. The van der Waals surface area contributed by atoms with E-state index in [0.29, 0.717) is 0 Å². The van der Waals surface area contributed by atoms with E-state index in [4.69, 9.17) is 0 Å². The zero-order chi connectivity index (χ0) is 13.8. The van der Waals surface area contributed by atoms with Crippen LogP contribution >= 0.6 is 23.1 Å². The molecule has 0 aliphatic heterocycles. The van der Waals surface area contributed by atoms with Crippen LogP contribution in [-0.2, 0) is 4.79 Å². The Bertz CT molecular complexity index is 580. The first-order chi connectivity index (χ1) is 9.04. The lowest BCUT2D eigenvalue weighted by molar-refractivity contribution is -0.115. The van der Waals surface area contributed by atoms with Gasteiger partial charge in [-0.05, 0) is 38.5 Å². The van der Waals surface area contributed by atoms with Crippen molar-refractivity contribution < 1.29 is 4.79 Å². The molecule has 0 bridgehead atoms. The number of nitrogens with one attached hydrogen (secondary N) is 1. The molecular formula is C14H16N2OS2. The number of rotatable bonds is 4. The van der Waals surface area contributed by atoms with Gasteiger partial charge in [-0.2, -0.15) is 0 Å². The summed E-state index contributed by atoms with van der Waals surface area (Å²) in [6.45, 7) is 5.86. The number of anilines is 1. The lowest BCUT2D eigenvalue weighted by atomic mass is 10.2. The molecule has 0 spiro atoms. The Hall–Kier alpha value is -1.33. The molecule has 1 amide bonds. The Balaban J connectivity index is 1.96. The normalized spacial score (nSPS) is 12.2. The van der Waals surface area contributed by atoms with Crippen LogP contribution in [0.3, 0.4) is 0 Å². The summed E-state index contributed by atoms with van der Waals surface area (Å²) in [5.74, 6) is 0.00320. The van der Waals surface area contributed by atoms with E-state index in [-0.39, 0.29) is 11.2 Å². The van der Waals surface area contributed by atoms with Crippen LogP contribution in [0.2, 0.25) is 0 Å². The van der Waals surface area contributed by atoms with Gasteiger partial charge in [0, 0.05) is 16.8 Å². The van der Waals surface area contributed by atoms with Crippen LogP contribution in [0.1, 0.15) is 18.2 Å². The predicted molar refractivity (Wildman–Crippen MR) is 82.0 cm³/mol. The number of nitrogens with zero attached hydrogens (tertiary/aromatic N) is 1. The summed E-state index contributed by atoms with van der Waals surface area (Å²) < 4.78 is 0.935. The number of amides is 1. The fourth-order valence-electron chi connectivity index (χ4n) is 1.56. The molecule has 0 fully saturated rings. The summed E-state index contributed by atoms with van der Waals surface area (Å²) in [6.07, 6.45) is 0. The maximum absolute atomic E-state index is 12.1. The summed E-state index contributed by atoms with van der Waals surface area (Å²) in [6, 6.07) is 7.80. The summed E-state index contributed by atoms with van der Waals surface area (Å²) in [5, 5.41) is 4.76. The maximum atomic E-state index is 12.1. The molecule has 0 aliphatic carbocycles. The minimum absolute atomic E-state index is 0.00320. The highest BCUT2D eigenvalue weighted by Gasteiger charge is 2.16. The van der Waals surface area contributed by atoms with E-state index in [9.17, 15) is 4.79 Å². The van der Waals surface area contributed by atoms with Gasteiger partial charge in [0.15, 0.2) is 4.34 Å². The van der Waals surface area contributed by atoms with Gasteiger partial charge in [-0.15, -0.1) is 11.3 Å². The number of hydrogen-bond donors (Lipinski definition) is 1. The summed E-state index contributed by atoms with van der Waals surface area (Å²) >= 11 is 3.07. The van der Waals surface area contributed by atoms with Crippen molar-refractivity contribution in [3.8, 4) is 0 Å². The summed E-state index contributed by atoms with van der Waals surface area (Å²) in [7, 11) is 0. The van der Waals surface area contributed by atoms with Gasteiger partial charge in [-0.25, -0.2) is 4.98 Å². The van der Waals surface area contributed by atoms with Gasteiger partial charge in [-0.3, -0.25) is 4.79 Å². The molecule has 1 heterocycles. The van der Waals surface area contributed by atoms with Crippen molar-refractivity contribution in [3.05, 3.63) is 40.9 Å². The van der Waals surface area contributed by atoms with E-state index in [1.54, 1.807) is 11.3 Å². The Kier molecular flexibility index (Phi) is 4.61. The van der Waals surface area contributed by atoms with Crippen molar-refractivity contribution in [3.63, 3.8) is 0 Å². The highest BCUT2D eigenvalue weighted by Crippen LogP contribution is 2.27. The van der Waals surface area contributed by atoms with E-state index >= 15 is 0 Å². The largest absolute Gasteiger partial charge is 0.325 e. The average molecular weight is 292 g/mol. The molecule has 1 atom stereocenters. The van der Waals surface area contributed by atoms with Gasteiger partial charge in [0.25, 0.3) is 0 Å². The molecule has 2 aromatic rings. The number of carbonyl (C=O) groups is 1. The summed E-state index contributed by atoms with van der Waals surface area (Å²) in [4.78, 5) is 16.4. The van der Waals surface area contributed by atoms with Gasteiger partial charge in [-0.1, -0.05) is 23.9 Å². The summed E-state index contributed by atoms with van der Waals surface area (Å²) in [5.41, 5.74) is 2.97. The smallest absolute Gasteiger partial charge is 0.237 e. The molecule has 0 radical (unpaired) electrons. The first-order valence-corrected chi connectivity index (χ1v) is 7.77. The van der Waals surface area contributed by atoms with Gasteiger partial charge in [0.2, 0.25) is 5.91 Å². The first-order valence-electron chi connectivity index (χ1n) is 6.01. The minimum atomic E-state index is -0.161. The molecule has 1 N–H and O–H groups in total. The van der Waals surface area contributed by atoms with Crippen LogP contribution in [0.5, 0.6) is 0 Å². The zero-order valence-corrected chi connectivity index (χ0v) is 12.8. The molecule has 5 heteroatoms. The molecule has 0 saturated carbocycles.